The second-order valence-electron chi connectivity index (χ2n) is 7.61. The Balaban J connectivity index is 1.77. The molecular formula is C21H25NO7S2. The first-order chi connectivity index (χ1) is 14.5. The molecule has 3 rings (SSSR count). The largest absolute Gasteiger partial charge is 0.454 e. The number of nitrogens with zero attached hydrogens (tertiary/aromatic N) is 1. The zero-order valence-electron chi connectivity index (χ0n) is 17.6. The molecule has 0 saturated carbocycles. The number of hydrogen-bond acceptors (Lipinski definition) is 7. The van der Waals surface area contributed by atoms with Gasteiger partial charge in [0.1, 0.15) is 0 Å². The molecule has 1 aliphatic heterocycles. The first kappa shape index (κ1) is 23.2. The lowest BCUT2D eigenvalue weighted by atomic mass is 10.1. The Morgan fingerprint density at radius 2 is 1.84 bits per heavy atom. The zero-order valence-corrected chi connectivity index (χ0v) is 19.3. The number of sulfone groups is 2. The quantitative estimate of drug-likeness (QED) is 0.453. The Kier molecular flexibility index (Phi) is 6.43. The van der Waals surface area contributed by atoms with Crippen LogP contribution in [0.25, 0.3) is 0 Å². The molecule has 0 spiro atoms. The molecule has 31 heavy (non-hydrogen) atoms. The summed E-state index contributed by atoms with van der Waals surface area (Å²) in [5.41, 5.74) is 1.62. The fraction of sp³-hybridized carbons (Fsp3) is 0.429. The van der Waals surface area contributed by atoms with E-state index in [1.54, 1.807) is 19.9 Å². The van der Waals surface area contributed by atoms with Gasteiger partial charge in [-0.2, -0.15) is 0 Å². The molecule has 2 heterocycles. The van der Waals surface area contributed by atoms with Crippen LogP contribution in [0.3, 0.4) is 0 Å². The smallest absolute Gasteiger partial charge is 0.339 e. The molecule has 1 aliphatic rings. The van der Waals surface area contributed by atoms with E-state index in [0.29, 0.717) is 17.7 Å². The minimum Gasteiger partial charge on any atom is -0.454 e. The summed E-state index contributed by atoms with van der Waals surface area (Å²) in [6, 6.07) is 7.16. The van der Waals surface area contributed by atoms with Crippen LogP contribution in [0.15, 0.2) is 35.2 Å². The van der Waals surface area contributed by atoms with Crippen molar-refractivity contribution in [2.24, 2.45) is 0 Å². The van der Waals surface area contributed by atoms with Crippen molar-refractivity contribution in [1.82, 2.24) is 4.57 Å². The van der Waals surface area contributed by atoms with Gasteiger partial charge >= 0.3 is 5.97 Å². The maximum absolute atomic E-state index is 12.7. The maximum atomic E-state index is 12.7. The molecule has 168 valence electrons. The van der Waals surface area contributed by atoms with Crippen LogP contribution >= 0.6 is 0 Å². The Hall–Kier alpha value is -2.46. The van der Waals surface area contributed by atoms with Crippen molar-refractivity contribution >= 4 is 31.4 Å². The summed E-state index contributed by atoms with van der Waals surface area (Å²) in [4.78, 5) is 25.1. The highest BCUT2D eigenvalue weighted by atomic mass is 32.2. The van der Waals surface area contributed by atoms with Gasteiger partial charge in [-0.05, 0) is 38.5 Å². The van der Waals surface area contributed by atoms with E-state index >= 15 is 0 Å². The second kappa shape index (κ2) is 8.58. The molecule has 1 aromatic carbocycles. The number of esters is 1. The SMILES string of the molecule is CCS(=O)(=O)c1ccccc1C(=O)OCC(=O)c1cc(C)n(C2CCS(=O)(=O)C2)c1C. The van der Waals surface area contributed by atoms with Crippen LogP contribution in [0.2, 0.25) is 0 Å². The molecule has 0 N–H and O–H groups in total. The highest BCUT2D eigenvalue weighted by Crippen LogP contribution is 2.29. The Morgan fingerprint density at radius 1 is 1.16 bits per heavy atom. The van der Waals surface area contributed by atoms with Crippen molar-refractivity contribution in [3.05, 3.63) is 52.8 Å². The van der Waals surface area contributed by atoms with Gasteiger partial charge in [-0.3, -0.25) is 4.79 Å². The summed E-state index contributed by atoms with van der Waals surface area (Å²) >= 11 is 0. The third kappa shape index (κ3) is 4.74. The predicted octanol–water partition coefficient (Wildman–Crippen LogP) is 2.30. The molecule has 0 bridgehead atoms. The molecule has 10 heteroatoms. The van der Waals surface area contributed by atoms with Crippen LogP contribution < -0.4 is 0 Å². The Labute approximate surface area is 182 Å². The summed E-state index contributed by atoms with van der Waals surface area (Å²) in [5, 5.41) is 0. The third-order valence-corrected chi connectivity index (χ3v) is 9.05. The van der Waals surface area contributed by atoms with E-state index in [2.05, 4.69) is 0 Å². The molecule has 1 atom stereocenters. The first-order valence-electron chi connectivity index (χ1n) is 9.88. The fourth-order valence-corrected chi connectivity index (χ4v) is 6.73. The van der Waals surface area contributed by atoms with Gasteiger partial charge in [-0.15, -0.1) is 0 Å². The van der Waals surface area contributed by atoms with E-state index < -0.39 is 38.0 Å². The van der Waals surface area contributed by atoms with Gasteiger partial charge < -0.3 is 9.30 Å². The summed E-state index contributed by atoms with van der Waals surface area (Å²) < 4.78 is 55.1. The van der Waals surface area contributed by atoms with Gasteiger partial charge in [-0.1, -0.05) is 19.1 Å². The van der Waals surface area contributed by atoms with Gasteiger partial charge in [0.2, 0.25) is 5.78 Å². The standard InChI is InChI=1S/C21H25NO7S2/c1-4-31(27,28)20-8-6-5-7-17(20)21(24)29-12-19(23)18-11-14(2)22(15(18)3)16-9-10-30(25,26)13-16/h5-8,11,16H,4,9-10,12-13H2,1-3H3. The monoisotopic (exact) mass is 467 g/mol. The van der Waals surface area contributed by atoms with Crippen molar-refractivity contribution in [2.45, 2.75) is 38.1 Å². The normalized spacial score (nSPS) is 18.1. The lowest BCUT2D eigenvalue weighted by Crippen LogP contribution is -2.18. The average Bonchev–Trinajstić information content (AvgIpc) is 3.23. The predicted molar refractivity (Wildman–Crippen MR) is 115 cm³/mol. The van der Waals surface area contributed by atoms with Crippen LogP contribution in [0.5, 0.6) is 0 Å². The van der Waals surface area contributed by atoms with E-state index in [4.69, 9.17) is 4.74 Å². The van der Waals surface area contributed by atoms with E-state index in [-0.39, 0.29) is 33.8 Å². The van der Waals surface area contributed by atoms with Crippen molar-refractivity contribution < 1.29 is 31.2 Å². The van der Waals surface area contributed by atoms with E-state index in [1.165, 1.54) is 31.2 Å². The fourth-order valence-electron chi connectivity index (χ4n) is 3.95. The average molecular weight is 468 g/mol. The number of Topliss-reactive ketones (excluding diaryl/α,β-unsaturated/α-hetero) is 1. The zero-order chi connectivity index (χ0) is 23.0. The van der Waals surface area contributed by atoms with E-state index in [0.717, 1.165) is 5.69 Å². The number of carbonyl (C=O) groups excluding carboxylic acids is 2. The minimum atomic E-state index is -3.63. The van der Waals surface area contributed by atoms with Gasteiger partial charge in [0.15, 0.2) is 26.3 Å². The highest BCUT2D eigenvalue weighted by Gasteiger charge is 2.32. The summed E-state index contributed by atoms with van der Waals surface area (Å²) in [5.74, 6) is -1.34. The lowest BCUT2D eigenvalue weighted by molar-refractivity contribution is 0.0470. The molecule has 1 unspecified atom stereocenters. The number of ether oxygens (including phenoxy) is 1. The number of ketones is 1. The van der Waals surface area contributed by atoms with Crippen LogP contribution in [0, 0.1) is 13.8 Å². The summed E-state index contributed by atoms with van der Waals surface area (Å²) in [6.45, 7) is 4.46. The van der Waals surface area contributed by atoms with Crippen molar-refractivity contribution in [3.63, 3.8) is 0 Å². The van der Waals surface area contributed by atoms with Gasteiger partial charge in [0, 0.05) is 23.0 Å². The molecule has 2 aromatic rings. The number of benzene rings is 1. The number of aromatic nitrogens is 1. The van der Waals surface area contributed by atoms with E-state index in [9.17, 15) is 26.4 Å². The number of rotatable bonds is 7. The molecular weight excluding hydrogens is 442 g/mol. The highest BCUT2D eigenvalue weighted by molar-refractivity contribution is 7.91. The van der Waals surface area contributed by atoms with E-state index in [1.807, 2.05) is 4.57 Å². The second-order valence-corrected chi connectivity index (χ2v) is 12.1. The maximum Gasteiger partial charge on any atom is 0.339 e. The van der Waals surface area contributed by atoms with Crippen LogP contribution in [-0.2, 0) is 24.4 Å². The van der Waals surface area contributed by atoms with Gasteiger partial charge in [-0.25, -0.2) is 21.6 Å². The van der Waals surface area contributed by atoms with Gasteiger partial charge in [0.05, 0.1) is 27.7 Å². The lowest BCUT2D eigenvalue weighted by Gasteiger charge is -2.16. The van der Waals surface area contributed by atoms with Crippen molar-refractivity contribution in [3.8, 4) is 0 Å². The molecule has 1 saturated heterocycles. The number of hydrogen-bond donors (Lipinski definition) is 0. The first-order valence-corrected chi connectivity index (χ1v) is 13.3. The molecule has 1 aromatic heterocycles. The minimum absolute atomic E-state index is 0.0364. The topological polar surface area (TPSA) is 117 Å². The Morgan fingerprint density at radius 3 is 2.45 bits per heavy atom. The van der Waals surface area contributed by atoms with Crippen LogP contribution in [-0.4, -0.2) is 57.0 Å². The molecule has 0 radical (unpaired) electrons. The van der Waals surface area contributed by atoms with Gasteiger partial charge in [0.25, 0.3) is 0 Å². The number of carbonyl (C=O) groups is 2. The Bertz CT molecular complexity index is 1240. The summed E-state index contributed by atoms with van der Waals surface area (Å²) in [7, 11) is -6.71. The number of aryl methyl sites for hydroxylation is 1. The third-order valence-electron chi connectivity index (χ3n) is 5.51. The molecule has 8 nitrogen and oxygen atoms in total. The van der Waals surface area contributed by atoms with Crippen LogP contribution in [0.4, 0.5) is 0 Å². The van der Waals surface area contributed by atoms with Crippen molar-refractivity contribution in [1.29, 1.82) is 0 Å². The summed E-state index contributed by atoms with van der Waals surface area (Å²) in [6.07, 6.45) is 0.490. The molecule has 0 aliphatic carbocycles. The van der Waals surface area contributed by atoms with Crippen molar-refractivity contribution in [2.75, 3.05) is 23.9 Å². The molecule has 1 fully saturated rings. The van der Waals surface area contributed by atoms with Crippen LogP contribution in [0.1, 0.15) is 51.5 Å². The molecule has 0 amide bonds.